The summed E-state index contributed by atoms with van der Waals surface area (Å²) in [5.41, 5.74) is 6.12. The largest absolute Gasteiger partial charge is 0.327 e. The predicted molar refractivity (Wildman–Crippen MR) is 55.3 cm³/mol. The first kappa shape index (κ1) is 10.3. The number of aryl methyl sites for hydroxylation is 1. The molecule has 5 heteroatoms. The van der Waals surface area contributed by atoms with E-state index in [0.29, 0.717) is 5.69 Å². The highest BCUT2D eigenvalue weighted by atomic mass is 16.1. The number of rotatable bonds is 2. The molecular weight excluding hydrogens is 192 g/mol. The highest BCUT2D eigenvalue weighted by Crippen LogP contribution is 2.39. The summed E-state index contributed by atoms with van der Waals surface area (Å²) in [6.45, 7) is 1.94. The Kier molecular flexibility index (Phi) is 2.34. The molecule has 0 aromatic carbocycles. The lowest BCUT2D eigenvalue weighted by molar-refractivity contribution is 0.0792. The first-order valence-electron chi connectivity index (χ1n) is 5.21. The molecule has 5 nitrogen and oxygen atoms in total. The average molecular weight is 208 g/mol. The van der Waals surface area contributed by atoms with Gasteiger partial charge in [-0.15, -0.1) is 5.10 Å². The molecule has 0 bridgehead atoms. The predicted octanol–water partition coefficient (Wildman–Crippen LogP) is 0.515. The summed E-state index contributed by atoms with van der Waals surface area (Å²) in [7, 11) is 1.73. The van der Waals surface area contributed by atoms with E-state index >= 15 is 0 Å². The fraction of sp³-hybridized carbons (Fsp3) is 0.700. The van der Waals surface area contributed by atoms with Crippen LogP contribution in [0.1, 0.15) is 36.7 Å². The van der Waals surface area contributed by atoms with E-state index in [1.807, 2.05) is 6.92 Å². The van der Waals surface area contributed by atoms with Crippen molar-refractivity contribution in [3.8, 4) is 0 Å². The normalized spacial score (nSPS) is 30.7. The molecule has 82 valence electrons. The van der Waals surface area contributed by atoms with Crippen LogP contribution >= 0.6 is 0 Å². The summed E-state index contributed by atoms with van der Waals surface area (Å²) < 4.78 is 1.51. The summed E-state index contributed by atoms with van der Waals surface area (Å²) in [6, 6.07) is -0.0418. The molecule has 0 amide bonds. The van der Waals surface area contributed by atoms with Gasteiger partial charge in [0.05, 0.1) is 6.20 Å². The van der Waals surface area contributed by atoms with Gasteiger partial charge in [0.25, 0.3) is 0 Å². The van der Waals surface area contributed by atoms with Crippen molar-refractivity contribution in [3.63, 3.8) is 0 Å². The Morgan fingerprint density at radius 1 is 1.73 bits per heavy atom. The third kappa shape index (κ3) is 1.47. The van der Waals surface area contributed by atoms with Crippen molar-refractivity contribution in [2.24, 2.45) is 18.2 Å². The highest BCUT2D eigenvalue weighted by molar-refractivity contribution is 5.99. The number of nitrogens with two attached hydrogens (primary N) is 1. The van der Waals surface area contributed by atoms with Crippen molar-refractivity contribution in [1.82, 2.24) is 15.0 Å². The van der Waals surface area contributed by atoms with Gasteiger partial charge in [-0.2, -0.15) is 0 Å². The molecule has 0 saturated heterocycles. The molecule has 0 aliphatic heterocycles. The molecule has 1 aliphatic rings. The molecule has 0 radical (unpaired) electrons. The molecule has 1 saturated carbocycles. The van der Waals surface area contributed by atoms with Crippen molar-refractivity contribution < 1.29 is 4.79 Å². The number of carbonyl (C=O) groups excluding carboxylic acids is 1. The SMILES string of the molecule is Cn1nncc1C(=O)C1(C)CCCC1N. The van der Waals surface area contributed by atoms with Gasteiger partial charge in [0.15, 0.2) is 5.78 Å². The fourth-order valence-corrected chi connectivity index (χ4v) is 2.26. The van der Waals surface area contributed by atoms with Crippen molar-refractivity contribution in [2.45, 2.75) is 32.2 Å². The third-order valence-corrected chi connectivity index (χ3v) is 3.50. The Morgan fingerprint density at radius 3 is 2.93 bits per heavy atom. The van der Waals surface area contributed by atoms with Crippen LogP contribution in [0.5, 0.6) is 0 Å². The van der Waals surface area contributed by atoms with Crippen LogP contribution in [0.25, 0.3) is 0 Å². The van der Waals surface area contributed by atoms with Crippen molar-refractivity contribution in [1.29, 1.82) is 0 Å². The summed E-state index contributed by atoms with van der Waals surface area (Å²) in [5.74, 6) is 0.0694. The van der Waals surface area contributed by atoms with Crippen LogP contribution in [-0.4, -0.2) is 26.8 Å². The zero-order chi connectivity index (χ0) is 11.1. The van der Waals surface area contributed by atoms with Crippen molar-refractivity contribution in [2.75, 3.05) is 0 Å². The first-order valence-corrected chi connectivity index (χ1v) is 5.21. The summed E-state index contributed by atoms with van der Waals surface area (Å²) >= 11 is 0. The topological polar surface area (TPSA) is 73.8 Å². The van der Waals surface area contributed by atoms with Crippen LogP contribution in [0.15, 0.2) is 6.20 Å². The van der Waals surface area contributed by atoms with Gasteiger partial charge in [-0.1, -0.05) is 18.6 Å². The van der Waals surface area contributed by atoms with Gasteiger partial charge in [-0.3, -0.25) is 4.79 Å². The molecule has 2 N–H and O–H groups in total. The van der Waals surface area contributed by atoms with Crippen LogP contribution in [0.2, 0.25) is 0 Å². The minimum Gasteiger partial charge on any atom is -0.327 e. The Labute approximate surface area is 88.6 Å². The maximum atomic E-state index is 12.3. The zero-order valence-electron chi connectivity index (χ0n) is 9.10. The van der Waals surface area contributed by atoms with Crippen molar-refractivity contribution >= 4 is 5.78 Å². The van der Waals surface area contributed by atoms with Crippen LogP contribution in [0, 0.1) is 5.41 Å². The maximum absolute atomic E-state index is 12.3. The van der Waals surface area contributed by atoms with Gasteiger partial charge < -0.3 is 5.73 Å². The summed E-state index contributed by atoms with van der Waals surface area (Å²) in [6.07, 6.45) is 4.32. The number of aromatic nitrogens is 3. The van der Waals surface area contributed by atoms with E-state index in [1.54, 1.807) is 7.05 Å². The van der Waals surface area contributed by atoms with E-state index in [-0.39, 0.29) is 11.8 Å². The van der Waals surface area contributed by atoms with E-state index in [9.17, 15) is 4.79 Å². The second-order valence-corrected chi connectivity index (χ2v) is 4.49. The highest BCUT2D eigenvalue weighted by Gasteiger charge is 2.44. The molecule has 1 aromatic heterocycles. The lowest BCUT2D eigenvalue weighted by atomic mass is 9.79. The van der Waals surface area contributed by atoms with Crippen LogP contribution in [0.3, 0.4) is 0 Å². The summed E-state index contributed by atoms with van der Waals surface area (Å²) in [4.78, 5) is 12.3. The standard InChI is InChI=1S/C10H16N4O/c1-10(5-3-4-8(10)11)9(15)7-6-12-13-14(7)2/h6,8H,3-5,11H2,1-2H3. The number of carbonyl (C=O) groups is 1. The van der Waals surface area contributed by atoms with E-state index in [0.717, 1.165) is 19.3 Å². The number of nitrogens with zero attached hydrogens (tertiary/aromatic N) is 3. The average Bonchev–Trinajstić information content (AvgIpc) is 2.75. The number of Topliss-reactive ketones (excluding diaryl/α,β-unsaturated/α-hetero) is 1. The zero-order valence-corrected chi connectivity index (χ0v) is 9.10. The summed E-state index contributed by atoms with van der Waals surface area (Å²) in [5, 5.41) is 7.49. The van der Waals surface area contributed by atoms with Gasteiger partial charge in [0.2, 0.25) is 0 Å². The minimum atomic E-state index is -0.435. The maximum Gasteiger partial charge on any atom is 0.189 e. The van der Waals surface area contributed by atoms with Gasteiger partial charge in [0.1, 0.15) is 5.69 Å². The van der Waals surface area contributed by atoms with E-state index in [1.165, 1.54) is 10.9 Å². The molecule has 2 rings (SSSR count). The molecule has 1 aromatic rings. The minimum absolute atomic E-state index is 0.0418. The lowest BCUT2D eigenvalue weighted by Gasteiger charge is -2.26. The van der Waals surface area contributed by atoms with Gasteiger partial charge in [-0.05, 0) is 12.8 Å². The first-order chi connectivity index (χ1) is 7.05. The van der Waals surface area contributed by atoms with Gasteiger partial charge >= 0.3 is 0 Å². The molecule has 2 atom stereocenters. The van der Waals surface area contributed by atoms with E-state index in [4.69, 9.17) is 5.73 Å². The molecule has 1 aliphatic carbocycles. The monoisotopic (exact) mass is 208 g/mol. The Bertz CT molecular complexity index is 387. The fourth-order valence-electron chi connectivity index (χ4n) is 2.26. The lowest BCUT2D eigenvalue weighted by Crippen LogP contribution is -2.41. The van der Waals surface area contributed by atoms with Crippen molar-refractivity contribution in [3.05, 3.63) is 11.9 Å². The quantitative estimate of drug-likeness (QED) is 0.719. The van der Waals surface area contributed by atoms with Crippen LogP contribution < -0.4 is 5.73 Å². The van der Waals surface area contributed by atoms with E-state index in [2.05, 4.69) is 10.3 Å². The second-order valence-electron chi connectivity index (χ2n) is 4.49. The van der Waals surface area contributed by atoms with Gasteiger partial charge in [0, 0.05) is 18.5 Å². The Morgan fingerprint density at radius 2 is 2.47 bits per heavy atom. The Balaban J connectivity index is 2.32. The molecule has 1 heterocycles. The number of ketones is 1. The van der Waals surface area contributed by atoms with E-state index < -0.39 is 5.41 Å². The van der Waals surface area contributed by atoms with Gasteiger partial charge in [-0.25, -0.2) is 4.68 Å². The Hall–Kier alpha value is -1.23. The molecule has 1 fully saturated rings. The number of hydrogen-bond donors (Lipinski definition) is 1. The smallest absolute Gasteiger partial charge is 0.189 e. The second kappa shape index (κ2) is 3.41. The van der Waals surface area contributed by atoms with Crippen LogP contribution in [-0.2, 0) is 7.05 Å². The molecule has 0 spiro atoms. The number of hydrogen-bond acceptors (Lipinski definition) is 4. The third-order valence-electron chi connectivity index (χ3n) is 3.50. The molecular formula is C10H16N4O. The molecule has 15 heavy (non-hydrogen) atoms. The van der Waals surface area contributed by atoms with Crippen LogP contribution in [0.4, 0.5) is 0 Å². The molecule has 2 unspecified atom stereocenters.